The highest BCUT2D eigenvalue weighted by atomic mass is 28.4. The molecule has 1 aromatic rings. The van der Waals surface area contributed by atoms with Crippen molar-refractivity contribution in [1.82, 2.24) is 0 Å². The van der Waals surface area contributed by atoms with Crippen LogP contribution in [0.15, 0.2) is 18.2 Å². The molecule has 1 rings (SSSR count). The van der Waals surface area contributed by atoms with E-state index in [1.165, 1.54) is 12.1 Å². The van der Waals surface area contributed by atoms with Crippen LogP contribution in [0.3, 0.4) is 0 Å². The predicted octanol–water partition coefficient (Wildman–Crippen LogP) is 2.32. The fourth-order valence-corrected chi connectivity index (χ4v) is 3.89. The molecule has 0 radical (unpaired) electrons. The molecule has 90 valence electrons. The molecule has 0 bridgehead atoms. The van der Waals surface area contributed by atoms with Crippen LogP contribution in [0.1, 0.15) is 13.8 Å². The van der Waals surface area contributed by atoms with E-state index in [2.05, 4.69) is 0 Å². The lowest BCUT2D eigenvalue weighted by Crippen LogP contribution is -2.51. The standard InChI is InChI=1S/C11H16F2O2Si/c1-4-14-16(3,15-5-2)11-7-9(12)6-10(13)8-11/h6-8H,4-5H2,1-3H3. The monoisotopic (exact) mass is 246 g/mol. The second kappa shape index (κ2) is 5.52. The van der Waals surface area contributed by atoms with Crippen molar-refractivity contribution >= 4 is 13.7 Å². The third-order valence-electron chi connectivity index (χ3n) is 2.23. The van der Waals surface area contributed by atoms with Crippen molar-refractivity contribution in [3.8, 4) is 0 Å². The maximum Gasteiger partial charge on any atom is 0.369 e. The Hall–Kier alpha value is -0.783. The Morgan fingerprint density at radius 3 is 1.81 bits per heavy atom. The average molecular weight is 246 g/mol. The second-order valence-electron chi connectivity index (χ2n) is 3.47. The molecule has 0 aromatic heterocycles. The average Bonchev–Trinajstić information content (AvgIpc) is 2.16. The fourth-order valence-electron chi connectivity index (χ4n) is 1.58. The summed E-state index contributed by atoms with van der Waals surface area (Å²) in [5.74, 6) is -1.21. The van der Waals surface area contributed by atoms with Gasteiger partial charge in [0.1, 0.15) is 11.6 Å². The molecule has 0 saturated heterocycles. The minimum atomic E-state index is -2.67. The Bertz CT molecular complexity index is 332. The number of rotatable bonds is 5. The van der Waals surface area contributed by atoms with E-state index in [4.69, 9.17) is 8.85 Å². The lowest BCUT2D eigenvalue weighted by Gasteiger charge is -2.26. The Labute approximate surface area is 95.4 Å². The first-order chi connectivity index (χ1) is 7.51. The third-order valence-corrected chi connectivity index (χ3v) is 5.24. The van der Waals surface area contributed by atoms with Crippen molar-refractivity contribution in [3.63, 3.8) is 0 Å². The Morgan fingerprint density at radius 2 is 1.44 bits per heavy atom. The maximum atomic E-state index is 13.1. The predicted molar refractivity (Wildman–Crippen MR) is 60.9 cm³/mol. The summed E-state index contributed by atoms with van der Waals surface area (Å²) in [6, 6.07) is 3.40. The molecule has 0 aliphatic rings. The van der Waals surface area contributed by atoms with Crippen LogP contribution in [0.4, 0.5) is 8.78 Å². The van der Waals surface area contributed by atoms with Gasteiger partial charge >= 0.3 is 8.56 Å². The van der Waals surface area contributed by atoms with Gasteiger partial charge in [-0.05, 0) is 37.7 Å². The normalized spacial score (nSPS) is 11.8. The van der Waals surface area contributed by atoms with E-state index in [1.54, 1.807) is 6.55 Å². The van der Waals surface area contributed by atoms with Gasteiger partial charge in [0.2, 0.25) is 0 Å². The molecule has 1 aromatic carbocycles. The second-order valence-corrected chi connectivity index (χ2v) is 6.52. The smallest absolute Gasteiger partial charge is 0.369 e. The molecule has 0 saturated carbocycles. The SMILES string of the molecule is CCO[Si](C)(OCC)c1cc(F)cc(F)c1. The van der Waals surface area contributed by atoms with Gasteiger partial charge in [-0.15, -0.1) is 0 Å². The van der Waals surface area contributed by atoms with Gasteiger partial charge in [0.15, 0.2) is 0 Å². The summed E-state index contributed by atoms with van der Waals surface area (Å²) in [6.07, 6.45) is 0. The Kier molecular flexibility index (Phi) is 4.58. The summed E-state index contributed by atoms with van der Waals surface area (Å²) in [5, 5.41) is 0.480. The van der Waals surface area contributed by atoms with E-state index in [0.717, 1.165) is 6.07 Å². The van der Waals surface area contributed by atoms with E-state index >= 15 is 0 Å². The van der Waals surface area contributed by atoms with Gasteiger partial charge in [0, 0.05) is 19.3 Å². The minimum Gasteiger partial charge on any atom is -0.391 e. The van der Waals surface area contributed by atoms with Crippen molar-refractivity contribution in [2.45, 2.75) is 20.4 Å². The van der Waals surface area contributed by atoms with Crippen LogP contribution in [-0.2, 0) is 8.85 Å². The van der Waals surface area contributed by atoms with Crippen LogP contribution in [-0.4, -0.2) is 21.8 Å². The summed E-state index contributed by atoms with van der Waals surface area (Å²) >= 11 is 0. The van der Waals surface area contributed by atoms with Gasteiger partial charge in [0.25, 0.3) is 0 Å². The zero-order chi connectivity index (χ0) is 12.2. The van der Waals surface area contributed by atoms with E-state index in [0.29, 0.717) is 18.4 Å². The molecule has 0 aliphatic carbocycles. The largest absolute Gasteiger partial charge is 0.391 e. The van der Waals surface area contributed by atoms with Gasteiger partial charge in [-0.1, -0.05) is 0 Å². The van der Waals surface area contributed by atoms with Crippen molar-refractivity contribution < 1.29 is 17.6 Å². The lowest BCUT2D eigenvalue weighted by molar-refractivity contribution is 0.202. The molecular weight excluding hydrogens is 230 g/mol. The number of hydrogen-bond acceptors (Lipinski definition) is 2. The number of halogens is 2. The lowest BCUT2D eigenvalue weighted by atomic mass is 10.3. The maximum absolute atomic E-state index is 13.1. The van der Waals surface area contributed by atoms with Crippen LogP contribution in [0.25, 0.3) is 0 Å². The first kappa shape index (κ1) is 13.3. The van der Waals surface area contributed by atoms with Crippen molar-refractivity contribution in [3.05, 3.63) is 29.8 Å². The summed E-state index contributed by atoms with van der Waals surface area (Å²) in [6.45, 7) is 6.37. The molecule has 0 heterocycles. The summed E-state index contributed by atoms with van der Waals surface area (Å²) < 4.78 is 37.3. The molecule has 0 atom stereocenters. The fraction of sp³-hybridized carbons (Fsp3) is 0.455. The van der Waals surface area contributed by atoms with Crippen LogP contribution >= 0.6 is 0 Å². The molecule has 5 heteroatoms. The number of hydrogen-bond donors (Lipinski definition) is 0. The highest BCUT2D eigenvalue weighted by Crippen LogP contribution is 2.10. The molecule has 0 spiro atoms. The van der Waals surface area contributed by atoms with Crippen LogP contribution < -0.4 is 5.19 Å². The molecule has 0 aliphatic heterocycles. The van der Waals surface area contributed by atoms with Crippen molar-refractivity contribution in [1.29, 1.82) is 0 Å². The molecule has 0 unspecified atom stereocenters. The van der Waals surface area contributed by atoms with Crippen molar-refractivity contribution in [2.75, 3.05) is 13.2 Å². The van der Waals surface area contributed by atoms with Gasteiger partial charge in [-0.3, -0.25) is 0 Å². The van der Waals surface area contributed by atoms with E-state index < -0.39 is 20.2 Å². The van der Waals surface area contributed by atoms with Crippen molar-refractivity contribution in [2.24, 2.45) is 0 Å². The zero-order valence-electron chi connectivity index (χ0n) is 9.72. The highest BCUT2D eigenvalue weighted by Gasteiger charge is 2.34. The van der Waals surface area contributed by atoms with E-state index in [-0.39, 0.29) is 0 Å². The van der Waals surface area contributed by atoms with Gasteiger partial charge in [0.05, 0.1) is 0 Å². The molecular formula is C11H16F2O2Si. The summed E-state index contributed by atoms with van der Waals surface area (Å²) in [4.78, 5) is 0. The molecule has 2 nitrogen and oxygen atoms in total. The van der Waals surface area contributed by atoms with Gasteiger partial charge in [-0.2, -0.15) is 0 Å². The Balaban J connectivity index is 3.09. The number of benzene rings is 1. The Morgan fingerprint density at radius 1 is 1.00 bits per heavy atom. The minimum absolute atomic E-state index is 0.459. The summed E-state index contributed by atoms with van der Waals surface area (Å²) in [7, 11) is -2.67. The highest BCUT2D eigenvalue weighted by molar-refractivity contribution is 6.79. The van der Waals surface area contributed by atoms with Crippen LogP contribution in [0.2, 0.25) is 6.55 Å². The third kappa shape index (κ3) is 3.10. The van der Waals surface area contributed by atoms with Gasteiger partial charge in [-0.25, -0.2) is 8.78 Å². The molecule has 0 amide bonds. The van der Waals surface area contributed by atoms with Gasteiger partial charge < -0.3 is 8.85 Å². The quantitative estimate of drug-likeness (QED) is 0.742. The topological polar surface area (TPSA) is 18.5 Å². The first-order valence-corrected chi connectivity index (χ1v) is 7.58. The molecule has 0 fully saturated rings. The zero-order valence-corrected chi connectivity index (χ0v) is 10.7. The van der Waals surface area contributed by atoms with E-state index in [1.807, 2.05) is 13.8 Å². The molecule has 0 N–H and O–H groups in total. The first-order valence-electron chi connectivity index (χ1n) is 5.26. The van der Waals surface area contributed by atoms with E-state index in [9.17, 15) is 8.78 Å². The van der Waals surface area contributed by atoms with Crippen LogP contribution in [0, 0.1) is 11.6 Å². The van der Waals surface area contributed by atoms with Crippen LogP contribution in [0.5, 0.6) is 0 Å². The summed E-state index contributed by atoms with van der Waals surface area (Å²) in [5.41, 5.74) is 0. The molecule has 16 heavy (non-hydrogen) atoms.